The molecule has 3 N–H and O–H groups in total. The van der Waals surface area contributed by atoms with E-state index in [1.54, 1.807) is 18.2 Å². The van der Waals surface area contributed by atoms with Crippen LogP contribution in [0.5, 0.6) is 0 Å². The number of carbonyl (C=O) groups is 1. The van der Waals surface area contributed by atoms with Gasteiger partial charge in [-0.3, -0.25) is 4.79 Å². The maximum Gasteiger partial charge on any atom is 0.255 e. The van der Waals surface area contributed by atoms with Crippen LogP contribution in [0.25, 0.3) is 0 Å². The van der Waals surface area contributed by atoms with Gasteiger partial charge < -0.3 is 16.0 Å². The number of benzene rings is 2. The third-order valence-electron chi connectivity index (χ3n) is 2.95. The van der Waals surface area contributed by atoms with Gasteiger partial charge in [-0.15, -0.1) is 0 Å². The van der Waals surface area contributed by atoms with Crippen molar-refractivity contribution in [2.45, 2.75) is 0 Å². The highest BCUT2D eigenvalue weighted by molar-refractivity contribution is 6.33. The number of anilines is 3. The van der Waals surface area contributed by atoms with E-state index >= 15 is 0 Å². The van der Waals surface area contributed by atoms with Crippen molar-refractivity contribution in [1.29, 1.82) is 0 Å². The van der Waals surface area contributed by atoms with E-state index < -0.39 is 5.82 Å². The lowest BCUT2D eigenvalue weighted by molar-refractivity contribution is 0.102. The SMILES string of the molecule is CN(C)c1ccc(C(=O)Nc2ccc(F)cc2Cl)cc1N. The Morgan fingerprint density at radius 3 is 2.52 bits per heavy atom. The number of halogens is 2. The van der Waals surface area contributed by atoms with Gasteiger partial charge in [-0.1, -0.05) is 11.6 Å². The van der Waals surface area contributed by atoms with Crippen LogP contribution in [0.1, 0.15) is 10.4 Å². The molecule has 0 aliphatic heterocycles. The molecular formula is C15H15ClFN3O. The van der Waals surface area contributed by atoms with Gasteiger partial charge in [0.15, 0.2) is 0 Å². The molecule has 0 heterocycles. The molecule has 2 aromatic rings. The second-order valence-corrected chi connectivity index (χ2v) is 5.15. The zero-order valence-electron chi connectivity index (χ0n) is 11.7. The molecule has 4 nitrogen and oxygen atoms in total. The van der Waals surface area contributed by atoms with Crippen molar-refractivity contribution in [2.24, 2.45) is 0 Å². The first-order valence-electron chi connectivity index (χ1n) is 6.21. The van der Waals surface area contributed by atoms with Crippen molar-refractivity contribution in [3.8, 4) is 0 Å². The summed E-state index contributed by atoms with van der Waals surface area (Å²) in [5, 5.41) is 2.76. The molecule has 2 aromatic carbocycles. The molecule has 0 aromatic heterocycles. The molecule has 0 aliphatic carbocycles. The predicted octanol–water partition coefficient (Wildman–Crippen LogP) is 3.38. The van der Waals surface area contributed by atoms with Gasteiger partial charge in [-0.25, -0.2) is 4.39 Å². The van der Waals surface area contributed by atoms with Gasteiger partial charge in [0.2, 0.25) is 0 Å². The normalized spacial score (nSPS) is 10.3. The van der Waals surface area contributed by atoms with Crippen molar-refractivity contribution in [1.82, 2.24) is 0 Å². The van der Waals surface area contributed by atoms with E-state index in [9.17, 15) is 9.18 Å². The molecule has 0 atom stereocenters. The van der Waals surface area contributed by atoms with E-state index in [0.29, 0.717) is 16.9 Å². The summed E-state index contributed by atoms with van der Waals surface area (Å²) in [6.07, 6.45) is 0. The van der Waals surface area contributed by atoms with Crippen molar-refractivity contribution in [2.75, 3.05) is 30.0 Å². The summed E-state index contributed by atoms with van der Waals surface area (Å²) in [6, 6.07) is 8.79. The number of hydrogen-bond donors (Lipinski definition) is 2. The topological polar surface area (TPSA) is 58.4 Å². The zero-order valence-corrected chi connectivity index (χ0v) is 12.4. The smallest absolute Gasteiger partial charge is 0.255 e. The molecule has 0 aliphatic rings. The second kappa shape index (κ2) is 6.01. The lowest BCUT2D eigenvalue weighted by Gasteiger charge is -2.16. The van der Waals surface area contributed by atoms with Crippen LogP contribution < -0.4 is 16.0 Å². The third kappa shape index (κ3) is 3.44. The molecule has 6 heteroatoms. The van der Waals surface area contributed by atoms with Gasteiger partial charge in [0.25, 0.3) is 5.91 Å². The highest BCUT2D eigenvalue weighted by atomic mass is 35.5. The fraction of sp³-hybridized carbons (Fsp3) is 0.133. The maximum atomic E-state index is 13.0. The Kier molecular flexibility index (Phi) is 4.33. The summed E-state index contributed by atoms with van der Waals surface area (Å²) >= 11 is 5.87. The monoisotopic (exact) mass is 307 g/mol. The van der Waals surface area contributed by atoms with Crippen LogP contribution in [0.3, 0.4) is 0 Å². The van der Waals surface area contributed by atoms with Gasteiger partial charge in [-0.2, -0.15) is 0 Å². The summed E-state index contributed by atoms with van der Waals surface area (Å²) in [5.74, 6) is -0.821. The van der Waals surface area contributed by atoms with Crippen LogP contribution in [-0.4, -0.2) is 20.0 Å². The molecule has 110 valence electrons. The van der Waals surface area contributed by atoms with E-state index in [2.05, 4.69) is 5.32 Å². The molecule has 0 bridgehead atoms. The van der Waals surface area contributed by atoms with Crippen LogP contribution in [0.15, 0.2) is 36.4 Å². The van der Waals surface area contributed by atoms with Crippen molar-refractivity contribution in [3.05, 3.63) is 52.8 Å². The van der Waals surface area contributed by atoms with Gasteiger partial charge >= 0.3 is 0 Å². The van der Waals surface area contributed by atoms with Crippen LogP contribution in [0, 0.1) is 5.82 Å². The maximum absolute atomic E-state index is 13.0. The molecule has 0 radical (unpaired) electrons. The Balaban J connectivity index is 2.22. The van der Waals surface area contributed by atoms with Crippen molar-refractivity contribution >= 4 is 34.6 Å². The lowest BCUT2D eigenvalue weighted by Crippen LogP contribution is -2.15. The number of nitrogens with two attached hydrogens (primary N) is 1. The Hall–Kier alpha value is -2.27. The number of nitrogens with zero attached hydrogens (tertiary/aromatic N) is 1. The molecule has 2 rings (SSSR count). The van der Waals surface area contributed by atoms with Gasteiger partial charge in [0.05, 0.1) is 22.1 Å². The number of amides is 1. The highest BCUT2D eigenvalue weighted by Gasteiger charge is 2.11. The number of nitrogens with one attached hydrogen (secondary N) is 1. The van der Waals surface area contributed by atoms with E-state index in [0.717, 1.165) is 11.8 Å². The highest BCUT2D eigenvalue weighted by Crippen LogP contribution is 2.25. The number of carbonyl (C=O) groups excluding carboxylic acids is 1. The number of nitrogen functional groups attached to an aromatic ring is 1. The first-order chi connectivity index (χ1) is 9.88. The minimum atomic E-state index is -0.461. The predicted molar refractivity (Wildman–Crippen MR) is 84.5 cm³/mol. The van der Waals surface area contributed by atoms with E-state index in [1.807, 2.05) is 19.0 Å². The third-order valence-corrected chi connectivity index (χ3v) is 3.26. The molecule has 0 saturated heterocycles. The average Bonchev–Trinajstić information content (AvgIpc) is 2.41. The Bertz CT molecular complexity index is 689. The molecule has 1 amide bonds. The zero-order chi connectivity index (χ0) is 15.6. The molecule has 0 unspecified atom stereocenters. The van der Waals surface area contributed by atoms with Crippen LogP contribution in [0.2, 0.25) is 5.02 Å². The van der Waals surface area contributed by atoms with E-state index in [1.165, 1.54) is 12.1 Å². The molecule has 21 heavy (non-hydrogen) atoms. The van der Waals surface area contributed by atoms with Gasteiger partial charge in [0, 0.05) is 19.7 Å². The van der Waals surface area contributed by atoms with E-state index in [4.69, 9.17) is 17.3 Å². The average molecular weight is 308 g/mol. The minimum absolute atomic E-state index is 0.140. The Morgan fingerprint density at radius 2 is 1.95 bits per heavy atom. The van der Waals surface area contributed by atoms with Gasteiger partial charge in [0.1, 0.15) is 5.82 Å². The Morgan fingerprint density at radius 1 is 1.24 bits per heavy atom. The largest absolute Gasteiger partial charge is 0.397 e. The van der Waals surface area contributed by atoms with Crippen LogP contribution in [0.4, 0.5) is 21.5 Å². The molecule has 0 fully saturated rings. The standard InChI is InChI=1S/C15H15ClFN3O/c1-20(2)14-6-3-9(7-12(14)18)15(21)19-13-5-4-10(17)8-11(13)16/h3-8H,18H2,1-2H3,(H,19,21). The summed E-state index contributed by atoms with van der Waals surface area (Å²) in [5.41, 5.74) is 7.98. The lowest BCUT2D eigenvalue weighted by atomic mass is 10.1. The summed E-state index contributed by atoms with van der Waals surface area (Å²) in [4.78, 5) is 14.0. The summed E-state index contributed by atoms with van der Waals surface area (Å²) in [6.45, 7) is 0. The minimum Gasteiger partial charge on any atom is -0.397 e. The van der Waals surface area contributed by atoms with Crippen molar-refractivity contribution < 1.29 is 9.18 Å². The van der Waals surface area contributed by atoms with Crippen LogP contribution >= 0.6 is 11.6 Å². The molecule has 0 spiro atoms. The fourth-order valence-corrected chi connectivity index (χ4v) is 2.10. The summed E-state index contributed by atoms with van der Waals surface area (Å²) in [7, 11) is 3.73. The Labute approximate surface area is 127 Å². The molecular weight excluding hydrogens is 293 g/mol. The summed E-state index contributed by atoms with van der Waals surface area (Å²) < 4.78 is 13.0. The quantitative estimate of drug-likeness (QED) is 0.855. The first-order valence-corrected chi connectivity index (χ1v) is 6.59. The van der Waals surface area contributed by atoms with E-state index in [-0.39, 0.29) is 10.9 Å². The number of rotatable bonds is 3. The fourth-order valence-electron chi connectivity index (χ4n) is 1.89. The van der Waals surface area contributed by atoms with Gasteiger partial charge in [-0.05, 0) is 36.4 Å². The number of hydrogen-bond acceptors (Lipinski definition) is 3. The van der Waals surface area contributed by atoms with Crippen molar-refractivity contribution in [3.63, 3.8) is 0 Å². The first kappa shape index (κ1) is 15.1. The second-order valence-electron chi connectivity index (χ2n) is 4.75. The molecule has 0 saturated carbocycles. The van der Waals surface area contributed by atoms with Crippen LogP contribution in [-0.2, 0) is 0 Å².